The summed E-state index contributed by atoms with van der Waals surface area (Å²) in [5.41, 5.74) is 0.850. The molecule has 0 aliphatic carbocycles. The summed E-state index contributed by atoms with van der Waals surface area (Å²) in [6.07, 6.45) is 3.98. The molecule has 1 atom stereocenters. The summed E-state index contributed by atoms with van der Waals surface area (Å²) in [6, 6.07) is 8.26. The lowest BCUT2D eigenvalue weighted by Crippen LogP contribution is -2.50. The molecule has 1 amide bonds. The van der Waals surface area contributed by atoms with E-state index < -0.39 is 0 Å². The number of likely N-dealkylation sites (tertiary alicyclic amines) is 1. The monoisotopic (exact) mass is 359 g/mol. The van der Waals surface area contributed by atoms with Crippen LogP contribution in [0.1, 0.15) is 25.7 Å². The van der Waals surface area contributed by atoms with Crippen LogP contribution >= 0.6 is 11.3 Å². The van der Waals surface area contributed by atoms with Gasteiger partial charge in [0.05, 0.1) is 15.6 Å². The topological polar surface area (TPSA) is 45.7 Å². The number of para-hydroxylation sites is 1. The van der Waals surface area contributed by atoms with E-state index in [9.17, 15) is 4.79 Å². The van der Waals surface area contributed by atoms with Crippen molar-refractivity contribution in [3.63, 3.8) is 0 Å². The number of methoxy groups -OCH3 is 1. The number of benzene rings is 1. The number of anilines is 1. The van der Waals surface area contributed by atoms with Gasteiger partial charge in [-0.15, -0.1) is 0 Å². The predicted molar refractivity (Wildman–Crippen MR) is 101 cm³/mol. The maximum atomic E-state index is 13.1. The lowest BCUT2D eigenvalue weighted by atomic mass is 9.78. The number of hydrogen-bond acceptors (Lipinski definition) is 5. The highest BCUT2D eigenvalue weighted by atomic mass is 32.1. The fraction of sp³-hybridized carbons (Fsp3) is 0.579. The van der Waals surface area contributed by atoms with Crippen molar-refractivity contribution in [2.45, 2.75) is 25.7 Å². The van der Waals surface area contributed by atoms with Gasteiger partial charge in [0.25, 0.3) is 0 Å². The van der Waals surface area contributed by atoms with Crippen LogP contribution in [0.25, 0.3) is 10.2 Å². The van der Waals surface area contributed by atoms with Crippen LogP contribution in [0.2, 0.25) is 0 Å². The largest absolute Gasteiger partial charge is 0.385 e. The van der Waals surface area contributed by atoms with Gasteiger partial charge in [-0.05, 0) is 37.8 Å². The predicted octanol–water partition coefficient (Wildman–Crippen LogP) is 3.15. The Bertz CT molecular complexity index is 729. The highest BCUT2D eigenvalue weighted by Gasteiger charge is 2.48. The Morgan fingerprint density at radius 3 is 3.00 bits per heavy atom. The van der Waals surface area contributed by atoms with E-state index in [-0.39, 0.29) is 5.41 Å². The van der Waals surface area contributed by atoms with E-state index in [1.165, 1.54) is 4.70 Å². The minimum atomic E-state index is -0.205. The van der Waals surface area contributed by atoms with E-state index in [0.29, 0.717) is 12.5 Å². The number of piperidine rings is 1. The molecule has 2 aliphatic rings. The highest BCUT2D eigenvalue weighted by molar-refractivity contribution is 7.22. The molecular weight excluding hydrogens is 334 g/mol. The van der Waals surface area contributed by atoms with Crippen LogP contribution in [0.15, 0.2) is 24.3 Å². The number of ether oxygens (including phenoxy) is 1. The van der Waals surface area contributed by atoms with Gasteiger partial charge in [-0.2, -0.15) is 0 Å². The average Bonchev–Trinajstić information content (AvgIpc) is 3.24. The van der Waals surface area contributed by atoms with Gasteiger partial charge in [-0.25, -0.2) is 4.98 Å². The number of rotatable bonds is 5. The molecule has 0 N–H and O–H groups in total. The van der Waals surface area contributed by atoms with Gasteiger partial charge in [-0.3, -0.25) is 4.79 Å². The van der Waals surface area contributed by atoms with Gasteiger partial charge in [-0.1, -0.05) is 23.5 Å². The van der Waals surface area contributed by atoms with Crippen molar-refractivity contribution < 1.29 is 9.53 Å². The number of fused-ring (bicyclic) bond motifs is 1. The minimum absolute atomic E-state index is 0.205. The van der Waals surface area contributed by atoms with Crippen LogP contribution < -0.4 is 4.90 Å². The third-order valence-corrected chi connectivity index (χ3v) is 6.60. The summed E-state index contributed by atoms with van der Waals surface area (Å²) in [5, 5.41) is 1.06. The van der Waals surface area contributed by atoms with Crippen molar-refractivity contribution in [1.29, 1.82) is 0 Å². The smallest absolute Gasteiger partial charge is 0.230 e. The van der Waals surface area contributed by atoms with Gasteiger partial charge in [0.2, 0.25) is 5.91 Å². The quantitative estimate of drug-likeness (QED) is 0.770. The molecule has 2 aliphatic heterocycles. The molecule has 0 bridgehead atoms. The number of aromatic nitrogens is 1. The Kier molecular flexibility index (Phi) is 4.65. The first-order chi connectivity index (χ1) is 12.2. The lowest BCUT2D eigenvalue weighted by Gasteiger charge is -2.39. The molecule has 2 saturated heterocycles. The van der Waals surface area contributed by atoms with Crippen LogP contribution in [0.3, 0.4) is 0 Å². The van der Waals surface area contributed by atoms with Gasteiger partial charge in [0.15, 0.2) is 5.13 Å². The van der Waals surface area contributed by atoms with Crippen LogP contribution in [-0.4, -0.2) is 55.7 Å². The zero-order chi connectivity index (χ0) is 17.3. The molecule has 2 fully saturated rings. The summed E-state index contributed by atoms with van der Waals surface area (Å²) in [6.45, 7) is 4.17. The molecule has 25 heavy (non-hydrogen) atoms. The lowest BCUT2D eigenvalue weighted by molar-refractivity contribution is -0.145. The Labute approximate surface area is 152 Å². The van der Waals surface area contributed by atoms with Crippen LogP contribution in [0.5, 0.6) is 0 Å². The Hall–Kier alpha value is -1.66. The number of carbonyl (C=O) groups is 1. The van der Waals surface area contributed by atoms with Gasteiger partial charge < -0.3 is 14.5 Å². The Morgan fingerprint density at radius 1 is 1.28 bits per heavy atom. The third-order valence-electron chi connectivity index (χ3n) is 5.51. The molecule has 1 aromatic heterocycles. The minimum Gasteiger partial charge on any atom is -0.385 e. The van der Waals surface area contributed by atoms with Crippen LogP contribution in [0.4, 0.5) is 5.13 Å². The second-order valence-electron chi connectivity index (χ2n) is 7.16. The number of carbonyl (C=O) groups excluding carboxylic acids is 1. The third kappa shape index (κ3) is 3.13. The van der Waals surface area contributed by atoms with Crippen molar-refractivity contribution in [2.75, 3.05) is 44.8 Å². The summed E-state index contributed by atoms with van der Waals surface area (Å²) in [5.74, 6) is 0.346. The van der Waals surface area contributed by atoms with Gasteiger partial charge in [0.1, 0.15) is 0 Å². The van der Waals surface area contributed by atoms with Crippen LogP contribution in [-0.2, 0) is 9.53 Å². The molecule has 1 aromatic carbocycles. The second-order valence-corrected chi connectivity index (χ2v) is 8.17. The average molecular weight is 359 g/mol. The summed E-state index contributed by atoms with van der Waals surface area (Å²) >= 11 is 1.73. The van der Waals surface area contributed by atoms with Crippen molar-refractivity contribution in [3.8, 4) is 0 Å². The zero-order valence-electron chi connectivity index (χ0n) is 14.7. The normalized spacial score (nSPS) is 24.0. The molecule has 5 nitrogen and oxygen atoms in total. The Balaban J connectivity index is 1.49. The number of thiazole rings is 1. The number of amides is 1. The molecule has 4 rings (SSSR count). The first-order valence-corrected chi connectivity index (χ1v) is 9.92. The van der Waals surface area contributed by atoms with E-state index >= 15 is 0 Å². The first kappa shape index (κ1) is 16.8. The molecule has 3 heterocycles. The van der Waals surface area contributed by atoms with Crippen molar-refractivity contribution >= 4 is 32.6 Å². The maximum absolute atomic E-state index is 13.1. The molecule has 0 unspecified atom stereocenters. The number of nitrogens with zero attached hydrogens (tertiary/aromatic N) is 3. The van der Waals surface area contributed by atoms with Crippen molar-refractivity contribution in [2.24, 2.45) is 5.41 Å². The standard InChI is InChI=1S/C19H25N3O2S/c1-24-13-5-11-21-10-4-8-19(17(21)23)9-12-22(14-19)18-20-15-6-2-3-7-16(15)25-18/h2-3,6-7H,4-5,8-14H2,1H3/t19-/m0/s1. The molecular formula is C19H25N3O2S. The molecule has 0 radical (unpaired) electrons. The van der Waals surface area contributed by atoms with E-state index in [1.54, 1.807) is 18.4 Å². The SMILES string of the molecule is COCCCN1CCC[C@@]2(CCN(c3nc4ccccc4s3)C2)C1=O. The fourth-order valence-corrected chi connectivity index (χ4v) is 5.17. The summed E-state index contributed by atoms with van der Waals surface area (Å²) in [7, 11) is 1.71. The maximum Gasteiger partial charge on any atom is 0.230 e. The van der Waals surface area contributed by atoms with Crippen molar-refractivity contribution in [1.82, 2.24) is 9.88 Å². The summed E-state index contributed by atoms with van der Waals surface area (Å²) < 4.78 is 6.35. The van der Waals surface area contributed by atoms with E-state index in [4.69, 9.17) is 9.72 Å². The molecule has 6 heteroatoms. The van der Waals surface area contributed by atoms with E-state index in [2.05, 4.69) is 28.0 Å². The Morgan fingerprint density at radius 2 is 2.16 bits per heavy atom. The molecule has 0 saturated carbocycles. The van der Waals surface area contributed by atoms with E-state index in [1.807, 2.05) is 6.07 Å². The van der Waals surface area contributed by atoms with Crippen molar-refractivity contribution in [3.05, 3.63) is 24.3 Å². The summed E-state index contributed by atoms with van der Waals surface area (Å²) in [4.78, 5) is 22.3. The van der Waals surface area contributed by atoms with Crippen LogP contribution in [0, 0.1) is 5.41 Å². The molecule has 134 valence electrons. The molecule has 1 spiro atoms. The molecule has 2 aromatic rings. The second kappa shape index (κ2) is 6.92. The van der Waals surface area contributed by atoms with Gasteiger partial charge in [0, 0.05) is 39.9 Å². The highest BCUT2D eigenvalue weighted by Crippen LogP contribution is 2.43. The zero-order valence-corrected chi connectivity index (χ0v) is 15.6. The van der Waals surface area contributed by atoms with E-state index in [0.717, 1.165) is 62.5 Å². The fourth-order valence-electron chi connectivity index (χ4n) is 4.17. The van der Waals surface area contributed by atoms with Gasteiger partial charge >= 0.3 is 0 Å². The first-order valence-electron chi connectivity index (χ1n) is 9.11. The number of hydrogen-bond donors (Lipinski definition) is 0.